The van der Waals surface area contributed by atoms with Gasteiger partial charge >= 0.3 is 5.97 Å². The number of benzene rings is 3. The molecule has 4 nitrogen and oxygen atoms in total. The minimum absolute atomic E-state index is 0.0903. The van der Waals surface area contributed by atoms with Crippen LogP contribution in [0.25, 0.3) is 11.1 Å². The van der Waals surface area contributed by atoms with Gasteiger partial charge in [0.15, 0.2) is 6.61 Å². The van der Waals surface area contributed by atoms with Gasteiger partial charge in [-0.3, -0.25) is 0 Å². The summed E-state index contributed by atoms with van der Waals surface area (Å²) >= 11 is 0. The van der Waals surface area contributed by atoms with Crippen molar-refractivity contribution in [2.24, 2.45) is 0 Å². The van der Waals surface area contributed by atoms with E-state index in [9.17, 15) is 4.79 Å². The molecule has 0 fully saturated rings. The van der Waals surface area contributed by atoms with Crippen molar-refractivity contribution >= 4 is 5.97 Å². The SMILES string of the molecule is CCC.CCOC(=O)COc1ccc(OCCc2ccc(-c3ccccc3)cc2)cc1. The predicted octanol–water partition coefficient (Wildman–Crippen LogP) is 6.33. The molecule has 0 radical (unpaired) electrons. The number of carbonyl (C=O) groups excluding carboxylic acids is 1. The van der Waals surface area contributed by atoms with Gasteiger partial charge in [0.25, 0.3) is 0 Å². The second kappa shape index (κ2) is 13.9. The first-order chi connectivity index (χ1) is 15.2. The molecule has 0 bridgehead atoms. The first-order valence-electron chi connectivity index (χ1n) is 10.8. The minimum Gasteiger partial charge on any atom is -0.493 e. The zero-order valence-electron chi connectivity index (χ0n) is 18.7. The smallest absolute Gasteiger partial charge is 0.344 e. The largest absolute Gasteiger partial charge is 0.493 e. The van der Waals surface area contributed by atoms with Crippen molar-refractivity contribution in [2.75, 3.05) is 19.8 Å². The average molecular weight is 421 g/mol. The third-order valence-corrected chi connectivity index (χ3v) is 4.21. The van der Waals surface area contributed by atoms with Crippen LogP contribution in [0.4, 0.5) is 0 Å². The highest BCUT2D eigenvalue weighted by Crippen LogP contribution is 2.20. The molecule has 0 saturated carbocycles. The van der Waals surface area contributed by atoms with Crippen molar-refractivity contribution in [1.82, 2.24) is 0 Å². The Kier molecular flexibility index (Phi) is 10.7. The topological polar surface area (TPSA) is 44.8 Å². The monoisotopic (exact) mass is 420 g/mol. The van der Waals surface area contributed by atoms with Crippen LogP contribution in [0.1, 0.15) is 32.8 Å². The zero-order valence-corrected chi connectivity index (χ0v) is 18.7. The fourth-order valence-electron chi connectivity index (χ4n) is 2.76. The highest BCUT2D eigenvalue weighted by Gasteiger charge is 2.03. The summed E-state index contributed by atoms with van der Waals surface area (Å²) in [6.45, 7) is 6.87. The normalized spacial score (nSPS) is 9.90. The Bertz CT molecular complexity index is 871. The molecular formula is C27H32O4. The van der Waals surface area contributed by atoms with Crippen molar-refractivity contribution in [3.63, 3.8) is 0 Å². The summed E-state index contributed by atoms with van der Waals surface area (Å²) in [7, 11) is 0. The van der Waals surface area contributed by atoms with Gasteiger partial charge in [-0.15, -0.1) is 0 Å². The molecule has 0 aromatic heterocycles. The van der Waals surface area contributed by atoms with E-state index in [0.717, 1.165) is 12.2 Å². The summed E-state index contributed by atoms with van der Waals surface area (Å²) in [5, 5.41) is 0. The molecule has 0 saturated heterocycles. The lowest BCUT2D eigenvalue weighted by Gasteiger charge is -2.09. The first-order valence-corrected chi connectivity index (χ1v) is 10.8. The molecule has 0 unspecified atom stereocenters. The highest BCUT2D eigenvalue weighted by atomic mass is 16.6. The van der Waals surface area contributed by atoms with Crippen LogP contribution in [0.3, 0.4) is 0 Å². The van der Waals surface area contributed by atoms with E-state index in [1.807, 2.05) is 30.3 Å². The molecule has 3 aromatic carbocycles. The lowest BCUT2D eigenvalue weighted by Crippen LogP contribution is -2.14. The van der Waals surface area contributed by atoms with Gasteiger partial charge in [-0.05, 0) is 47.9 Å². The molecule has 31 heavy (non-hydrogen) atoms. The number of hydrogen-bond acceptors (Lipinski definition) is 4. The minimum atomic E-state index is -0.374. The van der Waals surface area contributed by atoms with Crippen molar-refractivity contribution in [3.05, 3.63) is 84.4 Å². The molecule has 0 aliphatic rings. The first kappa shape index (κ1) is 24.0. The molecule has 0 N–H and O–H groups in total. The van der Waals surface area contributed by atoms with Gasteiger partial charge in [0.1, 0.15) is 11.5 Å². The molecule has 3 aromatic rings. The van der Waals surface area contributed by atoms with E-state index in [1.54, 1.807) is 19.1 Å². The summed E-state index contributed by atoms with van der Waals surface area (Å²) < 4.78 is 16.0. The van der Waals surface area contributed by atoms with Gasteiger partial charge in [0.05, 0.1) is 13.2 Å². The van der Waals surface area contributed by atoms with Crippen molar-refractivity contribution in [3.8, 4) is 22.6 Å². The molecule has 0 aliphatic heterocycles. The van der Waals surface area contributed by atoms with Crippen LogP contribution in [0.15, 0.2) is 78.9 Å². The molecular weight excluding hydrogens is 388 g/mol. The third kappa shape index (κ3) is 8.95. The number of carbonyl (C=O) groups is 1. The van der Waals surface area contributed by atoms with Gasteiger partial charge < -0.3 is 14.2 Å². The quantitative estimate of drug-likeness (QED) is 0.379. The second-order valence-electron chi connectivity index (χ2n) is 6.93. The summed E-state index contributed by atoms with van der Waals surface area (Å²) in [6.07, 6.45) is 2.08. The maximum Gasteiger partial charge on any atom is 0.344 e. The van der Waals surface area contributed by atoms with Crippen LogP contribution in [-0.2, 0) is 16.0 Å². The molecule has 0 amide bonds. The van der Waals surface area contributed by atoms with Crippen LogP contribution in [0.2, 0.25) is 0 Å². The van der Waals surface area contributed by atoms with E-state index in [-0.39, 0.29) is 12.6 Å². The Hall–Kier alpha value is -3.27. The second-order valence-corrected chi connectivity index (χ2v) is 6.93. The van der Waals surface area contributed by atoms with Gasteiger partial charge in [0.2, 0.25) is 0 Å². The van der Waals surface area contributed by atoms with Gasteiger partial charge in [-0.25, -0.2) is 4.79 Å². The summed E-state index contributed by atoms with van der Waals surface area (Å²) in [4.78, 5) is 11.3. The molecule has 0 atom stereocenters. The van der Waals surface area contributed by atoms with Gasteiger partial charge in [0, 0.05) is 6.42 Å². The number of hydrogen-bond donors (Lipinski definition) is 0. The standard InChI is InChI=1S/C24H24O4.C3H8/c1-2-26-24(25)18-28-23-14-12-22(13-15-23)27-17-16-19-8-10-21(11-9-19)20-6-4-3-5-7-20;1-3-2/h3-15H,2,16-18H2,1H3;3H2,1-2H3. The predicted molar refractivity (Wildman–Crippen MR) is 126 cm³/mol. The Labute approximate surface area is 185 Å². The molecule has 4 heteroatoms. The summed E-state index contributed by atoms with van der Waals surface area (Å²) in [6, 6.07) is 26.1. The van der Waals surface area contributed by atoms with E-state index in [1.165, 1.54) is 23.1 Å². The fourth-order valence-corrected chi connectivity index (χ4v) is 2.76. The molecule has 0 aliphatic carbocycles. The fraction of sp³-hybridized carbons (Fsp3) is 0.296. The third-order valence-electron chi connectivity index (χ3n) is 4.21. The van der Waals surface area contributed by atoms with E-state index in [0.29, 0.717) is 19.0 Å². The van der Waals surface area contributed by atoms with Crippen LogP contribution in [0.5, 0.6) is 11.5 Å². The highest BCUT2D eigenvalue weighted by molar-refractivity contribution is 5.71. The van der Waals surface area contributed by atoms with Crippen LogP contribution < -0.4 is 9.47 Å². The lowest BCUT2D eigenvalue weighted by atomic mass is 10.0. The Morgan fingerprint density at radius 2 is 1.26 bits per heavy atom. The average Bonchev–Trinajstić information content (AvgIpc) is 2.80. The van der Waals surface area contributed by atoms with Crippen LogP contribution >= 0.6 is 0 Å². The lowest BCUT2D eigenvalue weighted by molar-refractivity contribution is -0.145. The Morgan fingerprint density at radius 1 is 0.710 bits per heavy atom. The van der Waals surface area contributed by atoms with Gasteiger partial charge in [-0.1, -0.05) is 74.9 Å². The van der Waals surface area contributed by atoms with Crippen LogP contribution in [-0.4, -0.2) is 25.8 Å². The zero-order chi connectivity index (χ0) is 22.3. The van der Waals surface area contributed by atoms with E-state index in [2.05, 4.69) is 50.2 Å². The summed E-state index contributed by atoms with van der Waals surface area (Å²) in [5.74, 6) is 1.00. The maximum atomic E-state index is 11.3. The van der Waals surface area contributed by atoms with E-state index in [4.69, 9.17) is 14.2 Å². The number of rotatable bonds is 9. The van der Waals surface area contributed by atoms with E-state index >= 15 is 0 Å². The van der Waals surface area contributed by atoms with Crippen molar-refractivity contribution in [2.45, 2.75) is 33.6 Å². The van der Waals surface area contributed by atoms with Crippen molar-refractivity contribution < 1.29 is 19.0 Å². The van der Waals surface area contributed by atoms with Gasteiger partial charge in [-0.2, -0.15) is 0 Å². The molecule has 164 valence electrons. The Balaban J connectivity index is 0.00000107. The molecule has 3 rings (SSSR count). The van der Waals surface area contributed by atoms with Crippen LogP contribution in [0, 0.1) is 0 Å². The number of esters is 1. The molecule has 0 heterocycles. The number of ether oxygens (including phenoxy) is 3. The Morgan fingerprint density at radius 3 is 1.84 bits per heavy atom. The maximum absolute atomic E-state index is 11.3. The molecule has 0 spiro atoms. The summed E-state index contributed by atoms with van der Waals surface area (Å²) in [5.41, 5.74) is 3.66. The van der Waals surface area contributed by atoms with Crippen molar-refractivity contribution in [1.29, 1.82) is 0 Å². The van der Waals surface area contributed by atoms with E-state index < -0.39 is 0 Å².